The number of rotatable bonds is 2. The number of carbonyl (C=O) groups is 3. The van der Waals surface area contributed by atoms with E-state index in [4.69, 9.17) is 14.2 Å². The topological polar surface area (TPSA) is 78.9 Å². The van der Waals surface area contributed by atoms with Gasteiger partial charge in [-0.05, 0) is 6.92 Å². The standard InChI is InChI=1S/C10H12O6/c1-2-14-8(12)6-5-10(9(13)15-6)4-3-7(11)16-10/h6H,2-5H2,1H3/t6-,10-/m0/s1. The fourth-order valence-corrected chi connectivity index (χ4v) is 1.94. The van der Waals surface area contributed by atoms with Crippen LogP contribution in [-0.4, -0.2) is 36.2 Å². The molecule has 0 unspecified atom stereocenters. The summed E-state index contributed by atoms with van der Waals surface area (Å²) in [5, 5.41) is 0. The molecule has 0 bridgehead atoms. The molecule has 2 atom stereocenters. The Morgan fingerprint density at radius 3 is 2.88 bits per heavy atom. The zero-order chi connectivity index (χ0) is 11.8. The van der Waals surface area contributed by atoms with Crippen molar-refractivity contribution in [3.63, 3.8) is 0 Å². The van der Waals surface area contributed by atoms with Gasteiger partial charge in [0.05, 0.1) is 6.61 Å². The predicted molar refractivity (Wildman–Crippen MR) is 49.2 cm³/mol. The lowest BCUT2D eigenvalue weighted by atomic mass is 9.96. The van der Waals surface area contributed by atoms with Gasteiger partial charge >= 0.3 is 17.9 Å². The summed E-state index contributed by atoms with van der Waals surface area (Å²) in [5.74, 6) is -1.66. The normalized spacial score (nSPS) is 32.7. The molecule has 88 valence electrons. The van der Waals surface area contributed by atoms with Gasteiger partial charge in [-0.3, -0.25) is 4.79 Å². The summed E-state index contributed by atoms with van der Waals surface area (Å²) in [7, 11) is 0. The first-order valence-electron chi connectivity index (χ1n) is 5.17. The maximum Gasteiger partial charge on any atom is 0.351 e. The molecule has 0 saturated carbocycles. The highest BCUT2D eigenvalue weighted by molar-refractivity contribution is 5.92. The second kappa shape index (κ2) is 3.77. The van der Waals surface area contributed by atoms with Crippen LogP contribution in [0.5, 0.6) is 0 Å². The van der Waals surface area contributed by atoms with Gasteiger partial charge in [-0.15, -0.1) is 0 Å². The Morgan fingerprint density at radius 1 is 1.56 bits per heavy atom. The van der Waals surface area contributed by atoms with Gasteiger partial charge in [-0.1, -0.05) is 0 Å². The highest BCUT2D eigenvalue weighted by Gasteiger charge is 2.57. The van der Waals surface area contributed by atoms with Crippen LogP contribution in [0.15, 0.2) is 0 Å². The molecule has 0 N–H and O–H groups in total. The Balaban J connectivity index is 2.07. The zero-order valence-corrected chi connectivity index (χ0v) is 8.86. The van der Waals surface area contributed by atoms with Crippen molar-refractivity contribution in [1.82, 2.24) is 0 Å². The molecular formula is C10H12O6. The van der Waals surface area contributed by atoms with E-state index < -0.39 is 29.6 Å². The van der Waals surface area contributed by atoms with Crippen molar-refractivity contribution in [2.24, 2.45) is 0 Å². The number of cyclic esters (lactones) is 1. The van der Waals surface area contributed by atoms with Crippen molar-refractivity contribution < 1.29 is 28.6 Å². The largest absolute Gasteiger partial charge is 0.463 e. The maximum atomic E-state index is 11.6. The third kappa shape index (κ3) is 1.64. The summed E-state index contributed by atoms with van der Waals surface area (Å²) < 4.78 is 14.6. The Morgan fingerprint density at radius 2 is 2.31 bits per heavy atom. The van der Waals surface area contributed by atoms with Crippen LogP contribution in [0.4, 0.5) is 0 Å². The van der Waals surface area contributed by atoms with E-state index in [0.29, 0.717) is 0 Å². The quantitative estimate of drug-likeness (QED) is 0.486. The first kappa shape index (κ1) is 10.9. The highest BCUT2D eigenvalue weighted by atomic mass is 16.6. The van der Waals surface area contributed by atoms with Gasteiger partial charge in [-0.25, -0.2) is 9.59 Å². The molecule has 0 aromatic carbocycles. The van der Waals surface area contributed by atoms with E-state index in [0.717, 1.165) is 0 Å². The summed E-state index contributed by atoms with van der Waals surface area (Å²) in [4.78, 5) is 33.9. The number of hydrogen-bond acceptors (Lipinski definition) is 6. The summed E-state index contributed by atoms with van der Waals surface area (Å²) >= 11 is 0. The molecule has 0 amide bonds. The lowest BCUT2D eigenvalue weighted by Crippen LogP contribution is -2.34. The molecule has 0 aliphatic carbocycles. The Hall–Kier alpha value is -1.59. The van der Waals surface area contributed by atoms with Crippen molar-refractivity contribution in [2.45, 2.75) is 37.9 Å². The minimum absolute atomic E-state index is 0.0659. The second-order valence-corrected chi connectivity index (χ2v) is 3.82. The lowest BCUT2D eigenvalue weighted by Gasteiger charge is -2.15. The van der Waals surface area contributed by atoms with Gasteiger partial charge in [0.2, 0.25) is 11.7 Å². The average Bonchev–Trinajstić information content (AvgIpc) is 2.74. The van der Waals surface area contributed by atoms with Crippen molar-refractivity contribution in [3.05, 3.63) is 0 Å². The minimum Gasteiger partial charge on any atom is -0.463 e. The van der Waals surface area contributed by atoms with Crippen molar-refractivity contribution in [2.75, 3.05) is 6.61 Å². The molecule has 2 fully saturated rings. The number of esters is 3. The number of ether oxygens (including phenoxy) is 3. The first-order valence-corrected chi connectivity index (χ1v) is 5.17. The number of carbonyl (C=O) groups excluding carboxylic acids is 3. The molecule has 6 heteroatoms. The molecule has 6 nitrogen and oxygen atoms in total. The molecule has 2 saturated heterocycles. The average molecular weight is 228 g/mol. The Kier molecular flexibility index (Phi) is 2.57. The SMILES string of the molecule is CCOC(=O)[C@@H]1C[C@@]2(CCC(=O)O2)C(=O)O1. The van der Waals surface area contributed by atoms with Crippen molar-refractivity contribution in [1.29, 1.82) is 0 Å². The first-order chi connectivity index (χ1) is 7.57. The molecule has 2 rings (SSSR count). The van der Waals surface area contributed by atoms with E-state index in [1.165, 1.54) is 0 Å². The Bertz CT molecular complexity index is 349. The van der Waals surface area contributed by atoms with E-state index in [9.17, 15) is 14.4 Å². The van der Waals surface area contributed by atoms with Crippen molar-refractivity contribution >= 4 is 17.9 Å². The molecular weight excluding hydrogens is 216 g/mol. The van der Waals surface area contributed by atoms with Gasteiger partial charge in [0.1, 0.15) is 0 Å². The van der Waals surface area contributed by atoms with E-state index in [-0.39, 0.29) is 25.9 Å². The fraction of sp³-hybridized carbons (Fsp3) is 0.700. The summed E-state index contributed by atoms with van der Waals surface area (Å²) in [6.45, 7) is 1.89. The Labute approximate surface area is 91.8 Å². The molecule has 2 aliphatic rings. The summed E-state index contributed by atoms with van der Waals surface area (Å²) in [6, 6.07) is 0. The van der Waals surface area contributed by atoms with E-state index in [2.05, 4.69) is 0 Å². The van der Waals surface area contributed by atoms with Crippen LogP contribution in [0.3, 0.4) is 0 Å². The van der Waals surface area contributed by atoms with E-state index >= 15 is 0 Å². The molecule has 0 aromatic heterocycles. The van der Waals surface area contributed by atoms with E-state index in [1.54, 1.807) is 6.92 Å². The minimum atomic E-state index is -1.24. The van der Waals surface area contributed by atoms with Crippen LogP contribution in [0.25, 0.3) is 0 Å². The highest BCUT2D eigenvalue weighted by Crippen LogP contribution is 2.38. The van der Waals surface area contributed by atoms with Crippen LogP contribution in [0.1, 0.15) is 26.2 Å². The molecule has 16 heavy (non-hydrogen) atoms. The number of hydrogen-bond donors (Lipinski definition) is 0. The smallest absolute Gasteiger partial charge is 0.351 e. The molecule has 0 radical (unpaired) electrons. The monoisotopic (exact) mass is 228 g/mol. The van der Waals surface area contributed by atoms with Crippen LogP contribution < -0.4 is 0 Å². The summed E-state index contributed by atoms with van der Waals surface area (Å²) in [5.41, 5.74) is -1.24. The molecule has 0 aromatic rings. The van der Waals surface area contributed by atoms with Gasteiger partial charge in [-0.2, -0.15) is 0 Å². The summed E-state index contributed by atoms with van der Waals surface area (Å²) in [6.07, 6.45) is -0.417. The maximum absolute atomic E-state index is 11.6. The van der Waals surface area contributed by atoms with Gasteiger partial charge < -0.3 is 14.2 Å². The fourth-order valence-electron chi connectivity index (χ4n) is 1.94. The molecule has 2 aliphatic heterocycles. The lowest BCUT2D eigenvalue weighted by molar-refractivity contribution is -0.167. The third-order valence-electron chi connectivity index (χ3n) is 2.73. The van der Waals surface area contributed by atoms with Crippen LogP contribution in [0.2, 0.25) is 0 Å². The van der Waals surface area contributed by atoms with Crippen molar-refractivity contribution in [3.8, 4) is 0 Å². The van der Waals surface area contributed by atoms with Gasteiger partial charge in [0, 0.05) is 19.3 Å². The predicted octanol–water partition coefficient (Wildman–Crippen LogP) is -0.0592. The molecule has 2 heterocycles. The van der Waals surface area contributed by atoms with Gasteiger partial charge in [0.25, 0.3) is 0 Å². The van der Waals surface area contributed by atoms with E-state index in [1.807, 2.05) is 0 Å². The second-order valence-electron chi connectivity index (χ2n) is 3.82. The van der Waals surface area contributed by atoms with Gasteiger partial charge in [0.15, 0.2) is 0 Å². The van der Waals surface area contributed by atoms with Crippen LogP contribution in [0, 0.1) is 0 Å². The molecule has 1 spiro atoms. The van der Waals surface area contributed by atoms with Crippen LogP contribution >= 0.6 is 0 Å². The van der Waals surface area contributed by atoms with Crippen LogP contribution in [-0.2, 0) is 28.6 Å². The third-order valence-corrected chi connectivity index (χ3v) is 2.73. The zero-order valence-electron chi connectivity index (χ0n) is 8.86.